The average Bonchev–Trinajstić information content (AvgIpc) is 2.82. The van der Waals surface area contributed by atoms with Crippen molar-refractivity contribution in [3.05, 3.63) is 63.5 Å². The number of halogens is 2. The van der Waals surface area contributed by atoms with Crippen molar-refractivity contribution >= 4 is 33.2 Å². The lowest BCUT2D eigenvalue weighted by Crippen LogP contribution is -1.96. The molecule has 3 rings (SSSR count). The van der Waals surface area contributed by atoms with Crippen LogP contribution in [0.2, 0.25) is 5.02 Å². The van der Waals surface area contributed by atoms with Gasteiger partial charge in [-0.05, 0) is 37.3 Å². The molecular weight excluding hydrogens is 340 g/mol. The molecule has 0 aliphatic rings. The summed E-state index contributed by atoms with van der Waals surface area (Å²) in [6.45, 7) is 2.44. The second kappa shape index (κ2) is 5.46. The zero-order valence-electron chi connectivity index (χ0n) is 10.8. The molecule has 0 spiro atoms. The topological polar surface area (TPSA) is 26.5 Å². The summed E-state index contributed by atoms with van der Waals surface area (Å²) < 4.78 is 8.69. The largest absolute Gasteiger partial charge is 0.486 e. The summed E-state index contributed by atoms with van der Waals surface area (Å²) in [4.78, 5) is 4.52. The van der Waals surface area contributed by atoms with Crippen LogP contribution in [0.1, 0.15) is 11.4 Å². The highest BCUT2D eigenvalue weighted by atomic mass is 79.9. The molecule has 3 aromatic rings. The van der Waals surface area contributed by atoms with Gasteiger partial charge in [0.05, 0.1) is 10.7 Å². The molecule has 0 atom stereocenters. The first-order valence-corrected chi connectivity index (χ1v) is 7.32. The van der Waals surface area contributed by atoms with Gasteiger partial charge in [0.1, 0.15) is 18.0 Å². The Kier molecular flexibility index (Phi) is 3.68. The van der Waals surface area contributed by atoms with Crippen LogP contribution in [0.4, 0.5) is 0 Å². The highest BCUT2D eigenvalue weighted by Crippen LogP contribution is 2.28. The van der Waals surface area contributed by atoms with Gasteiger partial charge in [0, 0.05) is 16.4 Å². The molecule has 0 fully saturated rings. The molecule has 0 unspecified atom stereocenters. The minimum Gasteiger partial charge on any atom is -0.486 e. The first-order valence-electron chi connectivity index (χ1n) is 6.15. The maximum absolute atomic E-state index is 6.12. The molecule has 0 radical (unpaired) electrons. The van der Waals surface area contributed by atoms with Crippen molar-refractivity contribution in [2.24, 2.45) is 0 Å². The fourth-order valence-corrected chi connectivity index (χ4v) is 2.74. The first kappa shape index (κ1) is 13.5. The van der Waals surface area contributed by atoms with E-state index in [9.17, 15) is 0 Å². The molecule has 1 aromatic carbocycles. The zero-order valence-corrected chi connectivity index (χ0v) is 13.1. The van der Waals surface area contributed by atoms with Gasteiger partial charge in [-0.2, -0.15) is 0 Å². The standard InChI is InChI=1S/C15H12BrClN2O/c1-10-3-2-4-15-18-12(8-19(10)15)9-20-14-6-5-11(16)7-13(14)17/h2-8H,9H2,1H3. The molecule has 5 heteroatoms. The Morgan fingerprint density at radius 2 is 2.15 bits per heavy atom. The number of hydrogen-bond donors (Lipinski definition) is 0. The predicted molar refractivity (Wildman–Crippen MR) is 83.4 cm³/mol. The zero-order chi connectivity index (χ0) is 14.1. The third-order valence-corrected chi connectivity index (χ3v) is 3.80. The second-order valence-electron chi connectivity index (χ2n) is 4.49. The summed E-state index contributed by atoms with van der Waals surface area (Å²) in [6.07, 6.45) is 1.98. The lowest BCUT2D eigenvalue weighted by Gasteiger charge is -2.06. The third-order valence-electron chi connectivity index (χ3n) is 3.02. The molecule has 0 N–H and O–H groups in total. The van der Waals surface area contributed by atoms with Crippen LogP contribution in [0, 0.1) is 6.92 Å². The summed E-state index contributed by atoms with van der Waals surface area (Å²) in [6, 6.07) is 11.6. The number of imidazole rings is 1. The molecule has 0 saturated carbocycles. The van der Waals surface area contributed by atoms with Gasteiger partial charge in [-0.1, -0.05) is 33.6 Å². The molecule has 0 amide bonds. The SMILES string of the molecule is Cc1cccc2nc(COc3ccc(Br)cc3Cl)cn12. The molecule has 2 heterocycles. The number of ether oxygens (including phenoxy) is 1. The quantitative estimate of drug-likeness (QED) is 0.687. The Balaban J connectivity index is 1.81. The molecule has 0 saturated heterocycles. The minimum atomic E-state index is 0.391. The van der Waals surface area contributed by atoms with Crippen LogP contribution in [-0.4, -0.2) is 9.38 Å². The Morgan fingerprint density at radius 1 is 1.30 bits per heavy atom. The number of aryl methyl sites for hydroxylation is 1. The molecular formula is C15H12BrClN2O. The van der Waals surface area contributed by atoms with Crippen molar-refractivity contribution in [1.82, 2.24) is 9.38 Å². The van der Waals surface area contributed by atoms with Gasteiger partial charge in [-0.3, -0.25) is 0 Å². The Morgan fingerprint density at radius 3 is 2.90 bits per heavy atom. The summed E-state index contributed by atoms with van der Waals surface area (Å²) in [7, 11) is 0. The molecule has 20 heavy (non-hydrogen) atoms. The maximum Gasteiger partial charge on any atom is 0.138 e. The fourth-order valence-electron chi connectivity index (χ4n) is 2.01. The molecule has 102 valence electrons. The summed E-state index contributed by atoms with van der Waals surface area (Å²) in [5.74, 6) is 0.656. The van der Waals surface area contributed by atoms with Crippen LogP contribution in [0.5, 0.6) is 5.75 Å². The predicted octanol–water partition coefficient (Wildman–Crippen LogP) is 4.64. The van der Waals surface area contributed by atoms with Crippen molar-refractivity contribution in [2.45, 2.75) is 13.5 Å². The Labute approximate surface area is 130 Å². The van der Waals surface area contributed by atoms with E-state index in [2.05, 4.69) is 20.9 Å². The van der Waals surface area contributed by atoms with E-state index in [1.54, 1.807) is 0 Å². The van der Waals surface area contributed by atoms with Crippen LogP contribution in [-0.2, 0) is 6.61 Å². The van der Waals surface area contributed by atoms with E-state index in [1.165, 1.54) is 0 Å². The number of rotatable bonds is 3. The van der Waals surface area contributed by atoms with Crippen LogP contribution in [0.3, 0.4) is 0 Å². The smallest absolute Gasteiger partial charge is 0.138 e. The molecule has 0 aliphatic heterocycles. The van der Waals surface area contributed by atoms with Gasteiger partial charge >= 0.3 is 0 Å². The van der Waals surface area contributed by atoms with E-state index in [1.807, 2.05) is 53.9 Å². The second-order valence-corrected chi connectivity index (χ2v) is 5.81. The summed E-state index contributed by atoms with van der Waals surface area (Å²) >= 11 is 9.49. The molecule has 2 aromatic heterocycles. The summed E-state index contributed by atoms with van der Waals surface area (Å²) in [5, 5.41) is 0.583. The number of nitrogens with zero attached hydrogens (tertiary/aromatic N) is 2. The number of benzene rings is 1. The van der Waals surface area contributed by atoms with E-state index < -0.39 is 0 Å². The van der Waals surface area contributed by atoms with Gasteiger partial charge in [0.2, 0.25) is 0 Å². The van der Waals surface area contributed by atoms with E-state index in [0.717, 1.165) is 21.5 Å². The van der Waals surface area contributed by atoms with Crippen molar-refractivity contribution in [3.8, 4) is 5.75 Å². The highest BCUT2D eigenvalue weighted by Gasteiger charge is 2.06. The Bertz CT molecular complexity index is 770. The van der Waals surface area contributed by atoms with Gasteiger partial charge in [-0.25, -0.2) is 4.98 Å². The van der Waals surface area contributed by atoms with Crippen LogP contribution < -0.4 is 4.74 Å². The Hall–Kier alpha value is -1.52. The van der Waals surface area contributed by atoms with Gasteiger partial charge in [-0.15, -0.1) is 0 Å². The van der Waals surface area contributed by atoms with Gasteiger partial charge in [0.25, 0.3) is 0 Å². The normalized spacial score (nSPS) is 10.9. The van der Waals surface area contributed by atoms with E-state index >= 15 is 0 Å². The van der Waals surface area contributed by atoms with Gasteiger partial charge < -0.3 is 9.14 Å². The van der Waals surface area contributed by atoms with E-state index in [-0.39, 0.29) is 0 Å². The molecule has 0 bridgehead atoms. The number of hydrogen-bond acceptors (Lipinski definition) is 2. The number of pyridine rings is 1. The van der Waals surface area contributed by atoms with Crippen molar-refractivity contribution in [2.75, 3.05) is 0 Å². The van der Waals surface area contributed by atoms with Gasteiger partial charge in [0.15, 0.2) is 0 Å². The van der Waals surface area contributed by atoms with Crippen molar-refractivity contribution in [1.29, 1.82) is 0 Å². The first-order chi connectivity index (χ1) is 9.63. The fraction of sp³-hybridized carbons (Fsp3) is 0.133. The molecule has 3 nitrogen and oxygen atoms in total. The van der Waals surface area contributed by atoms with E-state index in [0.29, 0.717) is 17.4 Å². The number of fused-ring (bicyclic) bond motifs is 1. The van der Waals surface area contributed by atoms with E-state index in [4.69, 9.17) is 16.3 Å². The van der Waals surface area contributed by atoms with Crippen molar-refractivity contribution < 1.29 is 4.74 Å². The number of aromatic nitrogens is 2. The van der Waals surface area contributed by atoms with Crippen LogP contribution in [0.15, 0.2) is 47.1 Å². The van der Waals surface area contributed by atoms with Crippen LogP contribution >= 0.6 is 27.5 Å². The monoisotopic (exact) mass is 350 g/mol. The molecule has 0 aliphatic carbocycles. The summed E-state index contributed by atoms with van der Waals surface area (Å²) in [5.41, 5.74) is 2.94. The average molecular weight is 352 g/mol. The van der Waals surface area contributed by atoms with Crippen molar-refractivity contribution in [3.63, 3.8) is 0 Å². The lowest BCUT2D eigenvalue weighted by atomic mass is 10.3. The third kappa shape index (κ3) is 2.67. The lowest BCUT2D eigenvalue weighted by molar-refractivity contribution is 0.302. The highest BCUT2D eigenvalue weighted by molar-refractivity contribution is 9.10. The maximum atomic E-state index is 6.12. The van der Waals surface area contributed by atoms with Crippen LogP contribution in [0.25, 0.3) is 5.65 Å². The minimum absolute atomic E-state index is 0.391.